The van der Waals surface area contributed by atoms with Crippen molar-refractivity contribution in [1.29, 1.82) is 0 Å². The van der Waals surface area contributed by atoms with Crippen LogP contribution in [0.5, 0.6) is 0 Å². The fourth-order valence-corrected chi connectivity index (χ4v) is 2.31. The minimum Gasteiger partial charge on any atom is -0.409 e. The third-order valence-corrected chi connectivity index (χ3v) is 3.49. The molecular weight excluding hydrogens is 326 g/mol. The Balaban J connectivity index is 2.93. The molecule has 0 amide bonds. The SMILES string of the molecule is COCCN(CCOC)c1ccc(/C(N)=N/O)c(Br)c1. The van der Waals surface area contributed by atoms with Crippen molar-refractivity contribution >= 4 is 27.5 Å². The molecule has 0 bridgehead atoms. The molecule has 112 valence electrons. The summed E-state index contributed by atoms with van der Waals surface area (Å²) in [6.07, 6.45) is 0. The molecular formula is C13H20BrN3O3. The van der Waals surface area contributed by atoms with Gasteiger partial charge < -0.3 is 25.3 Å². The molecule has 1 aromatic rings. The van der Waals surface area contributed by atoms with Crippen molar-refractivity contribution in [2.24, 2.45) is 10.9 Å². The molecule has 0 fully saturated rings. The van der Waals surface area contributed by atoms with Crippen LogP contribution in [0.25, 0.3) is 0 Å². The number of halogens is 1. The van der Waals surface area contributed by atoms with Gasteiger partial charge in [-0.05, 0) is 34.1 Å². The van der Waals surface area contributed by atoms with Gasteiger partial charge in [-0.25, -0.2) is 0 Å². The Morgan fingerprint density at radius 3 is 2.35 bits per heavy atom. The van der Waals surface area contributed by atoms with Crippen LogP contribution in [0.2, 0.25) is 0 Å². The zero-order chi connectivity index (χ0) is 15.0. The summed E-state index contributed by atoms with van der Waals surface area (Å²) in [5.74, 6) is 0.0729. The molecule has 0 saturated heterocycles. The summed E-state index contributed by atoms with van der Waals surface area (Å²) in [5, 5.41) is 11.7. The van der Waals surface area contributed by atoms with E-state index in [0.29, 0.717) is 18.8 Å². The smallest absolute Gasteiger partial charge is 0.171 e. The monoisotopic (exact) mass is 345 g/mol. The first kappa shape index (κ1) is 16.7. The summed E-state index contributed by atoms with van der Waals surface area (Å²) in [6.45, 7) is 2.77. The maximum Gasteiger partial charge on any atom is 0.171 e. The number of nitrogens with two attached hydrogens (primary N) is 1. The Bertz CT molecular complexity index is 446. The molecule has 3 N–H and O–H groups in total. The van der Waals surface area contributed by atoms with Crippen molar-refractivity contribution in [3.05, 3.63) is 28.2 Å². The molecule has 0 atom stereocenters. The second-order valence-corrected chi connectivity index (χ2v) is 4.98. The molecule has 0 spiro atoms. The Kier molecular flexibility index (Phi) is 7.35. The highest BCUT2D eigenvalue weighted by atomic mass is 79.9. The van der Waals surface area contributed by atoms with Gasteiger partial charge in [0.15, 0.2) is 5.84 Å². The van der Waals surface area contributed by atoms with Crippen molar-refractivity contribution < 1.29 is 14.7 Å². The number of nitrogens with zero attached hydrogens (tertiary/aromatic N) is 2. The topological polar surface area (TPSA) is 80.3 Å². The second-order valence-electron chi connectivity index (χ2n) is 4.12. The van der Waals surface area contributed by atoms with Crippen molar-refractivity contribution in [3.63, 3.8) is 0 Å². The van der Waals surface area contributed by atoms with Crippen LogP contribution in [-0.4, -0.2) is 51.6 Å². The van der Waals surface area contributed by atoms with Crippen LogP contribution < -0.4 is 10.6 Å². The van der Waals surface area contributed by atoms with E-state index in [4.69, 9.17) is 20.4 Å². The van der Waals surface area contributed by atoms with Gasteiger partial charge in [0.1, 0.15) is 0 Å². The number of rotatable bonds is 8. The zero-order valence-electron chi connectivity index (χ0n) is 11.7. The second kappa shape index (κ2) is 8.78. The highest BCUT2D eigenvalue weighted by Crippen LogP contribution is 2.24. The van der Waals surface area contributed by atoms with E-state index in [9.17, 15) is 0 Å². The molecule has 0 heterocycles. The maximum atomic E-state index is 8.72. The van der Waals surface area contributed by atoms with E-state index in [1.165, 1.54) is 0 Å². The average molecular weight is 346 g/mol. The first-order valence-corrected chi connectivity index (χ1v) is 6.93. The Labute approximate surface area is 127 Å². The van der Waals surface area contributed by atoms with Gasteiger partial charge in [-0.2, -0.15) is 0 Å². The predicted octanol–water partition coefficient (Wildman–Crippen LogP) is 1.64. The molecule has 0 aliphatic carbocycles. The molecule has 0 radical (unpaired) electrons. The third-order valence-electron chi connectivity index (χ3n) is 2.83. The van der Waals surface area contributed by atoms with Crippen LogP contribution in [0.3, 0.4) is 0 Å². The highest BCUT2D eigenvalue weighted by Gasteiger charge is 2.10. The number of anilines is 1. The van der Waals surface area contributed by atoms with Gasteiger partial charge in [-0.15, -0.1) is 0 Å². The normalized spacial score (nSPS) is 11.7. The molecule has 6 nitrogen and oxygen atoms in total. The maximum absolute atomic E-state index is 8.72. The molecule has 20 heavy (non-hydrogen) atoms. The van der Waals surface area contributed by atoms with E-state index >= 15 is 0 Å². The van der Waals surface area contributed by atoms with E-state index in [1.807, 2.05) is 12.1 Å². The number of oxime groups is 1. The fraction of sp³-hybridized carbons (Fsp3) is 0.462. The van der Waals surface area contributed by atoms with Crippen LogP contribution in [0, 0.1) is 0 Å². The molecule has 0 aliphatic rings. The van der Waals surface area contributed by atoms with E-state index in [-0.39, 0.29) is 5.84 Å². The number of methoxy groups -OCH3 is 2. The average Bonchev–Trinajstić information content (AvgIpc) is 2.46. The van der Waals surface area contributed by atoms with Gasteiger partial charge in [-0.1, -0.05) is 5.16 Å². The van der Waals surface area contributed by atoms with E-state index < -0.39 is 0 Å². The van der Waals surface area contributed by atoms with Gasteiger partial charge in [-0.3, -0.25) is 0 Å². The molecule has 0 aromatic heterocycles. The molecule has 7 heteroatoms. The van der Waals surface area contributed by atoms with Gasteiger partial charge in [0, 0.05) is 43.0 Å². The van der Waals surface area contributed by atoms with E-state index in [1.54, 1.807) is 20.3 Å². The van der Waals surface area contributed by atoms with Gasteiger partial charge >= 0.3 is 0 Å². The largest absolute Gasteiger partial charge is 0.409 e. The summed E-state index contributed by atoms with van der Waals surface area (Å²) >= 11 is 3.43. The first-order valence-electron chi connectivity index (χ1n) is 6.14. The Morgan fingerprint density at radius 1 is 1.30 bits per heavy atom. The Morgan fingerprint density at radius 2 is 1.90 bits per heavy atom. The quantitative estimate of drug-likeness (QED) is 0.324. The van der Waals surface area contributed by atoms with Gasteiger partial charge in [0.05, 0.1) is 13.2 Å². The summed E-state index contributed by atoms with van der Waals surface area (Å²) in [7, 11) is 3.35. The minimum absolute atomic E-state index is 0.0729. The first-order chi connectivity index (χ1) is 9.63. The summed E-state index contributed by atoms with van der Waals surface area (Å²) in [6, 6.07) is 5.66. The number of hydrogen-bond acceptors (Lipinski definition) is 5. The molecule has 0 saturated carbocycles. The highest BCUT2D eigenvalue weighted by molar-refractivity contribution is 9.10. The number of ether oxygens (including phenoxy) is 2. The van der Waals surface area contributed by atoms with E-state index in [2.05, 4.69) is 26.0 Å². The van der Waals surface area contributed by atoms with Crippen LogP contribution >= 0.6 is 15.9 Å². The number of benzene rings is 1. The standard InChI is InChI=1S/C13H20BrN3O3/c1-19-7-5-17(6-8-20-2)10-3-4-11(12(14)9-10)13(15)16-18/h3-4,9,18H,5-8H2,1-2H3,(H2,15,16). The number of hydrogen-bond donors (Lipinski definition) is 2. The molecule has 1 rings (SSSR count). The van der Waals surface area contributed by atoms with Gasteiger partial charge in [0.2, 0.25) is 0 Å². The van der Waals surface area contributed by atoms with Crippen molar-refractivity contribution in [2.75, 3.05) is 45.4 Å². The van der Waals surface area contributed by atoms with Gasteiger partial charge in [0.25, 0.3) is 0 Å². The lowest BCUT2D eigenvalue weighted by Gasteiger charge is -2.24. The lowest BCUT2D eigenvalue weighted by Crippen LogP contribution is -2.30. The lowest BCUT2D eigenvalue weighted by molar-refractivity contribution is 0.190. The fourth-order valence-electron chi connectivity index (χ4n) is 1.74. The molecule has 1 aromatic carbocycles. The van der Waals surface area contributed by atoms with Crippen LogP contribution in [-0.2, 0) is 9.47 Å². The summed E-state index contributed by atoms with van der Waals surface area (Å²) in [5.41, 5.74) is 7.26. The predicted molar refractivity (Wildman–Crippen MR) is 82.6 cm³/mol. The van der Waals surface area contributed by atoms with Crippen LogP contribution in [0.15, 0.2) is 27.8 Å². The van der Waals surface area contributed by atoms with Crippen molar-refractivity contribution in [1.82, 2.24) is 0 Å². The molecule has 0 aliphatic heterocycles. The number of amidine groups is 1. The Hall–Kier alpha value is -1.31. The lowest BCUT2D eigenvalue weighted by atomic mass is 10.2. The summed E-state index contributed by atoms with van der Waals surface area (Å²) in [4.78, 5) is 2.15. The minimum atomic E-state index is 0.0729. The van der Waals surface area contributed by atoms with Crippen molar-refractivity contribution in [3.8, 4) is 0 Å². The third kappa shape index (κ3) is 4.66. The van der Waals surface area contributed by atoms with Crippen LogP contribution in [0.1, 0.15) is 5.56 Å². The van der Waals surface area contributed by atoms with Crippen LogP contribution in [0.4, 0.5) is 5.69 Å². The summed E-state index contributed by atoms with van der Waals surface area (Å²) < 4.78 is 11.0. The van der Waals surface area contributed by atoms with Crippen molar-refractivity contribution in [2.45, 2.75) is 0 Å². The zero-order valence-corrected chi connectivity index (χ0v) is 13.3. The van der Waals surface area contributed by atoms with E-state index in [0.717, 1.165) is 23.2 Å². The molecule has 0 unspecified atom stereocenters.